The van der Waals surface area contributed by atoms with Crippen molar-refractivity contribution in [2.75, 3.05) is 0 Å². The molecule has 0 aromatic carbocycles. The van der Waals surface area contributed by atoms with Crippen molar-refractivity contribution in [1.29, 1.82) is 0 Å². The zero-order valence-electron chi connectivity index (χ0n) is 6.10. The van der Waals surface area contributed by atoms with Gasteiger partial charge in [-0.3, -0.25) is 4.79 Å². The molecule has 0 saturated heterocycles. The molecule has 0 aromatic rings. The maximum absolute atomic E-state index is 12.5. The molecular weight excluding hydrogens is 135 g/mol. The Morgan fingerprint density at radius 1 is 1.80 bits per heavy atom. The van der Waals surface area contributed by atoms with Crippen molar-refractivity contribution in [1.82, 2.24) is 0 Å². The van der Waals surface area contributed by atoms with Crippen LogP contribution in [0.25, 0.3) is 0 Å². The fraction of sp³-hybridized carbons (Fsp3) is 0.667. The van der Waals surface area contributed by atoms with E-state index in [9.17, 15) is 9.18 Å². The number of nitrogens with zero attached hydrogens (tertiary/aromatic N) is 1. The second-order valence-electron chi connectivity index (χ2n) is 1.93. The molecule has 58 valence electrons. The number of alkyl halides is 1. The highest BCUT2D eigenvalue weighted by Gasteiger charge is 2.07. The Kier molecular flexibility index (Phi) is 3.61. The first kappa shape index (κ1) is 9.07. The van der Waals surface area contributed by atoms with Gasteiger partial charge < -0.3 is 5.73 Å². The minimum absolute atomic E-state index is 0.227. The molecular formula is C6H11FN2O. The van der Waals surface area contributed by atoms with Gasteiger partial charge >= 0.3 is 0 Å². The summed E-state index contributed by atoms with van der Waals surface area (Å²) >= 11 is 0. The summed E-state index contributed by atoms with van der Waals surface area (Å²) < 4.78 is 12.5. The summed E-state index contributed by atoms with van der Waals surface area (Å²) in [5.74, 6) is -0.691. The lowest BCUT2D eigenvalue weighted by Gasteiger charge is -2.01. The number of hydrogen-bond donors (Lipinski definition) is 1. The maximum atomic E-state index is 12.5. The van der Waals surface area contributed by atoms with Gasteiger partial charge in [0.25, 0.3) is 0 Å². The fourth-order valence-corrected chi connectivity index (χ4v) is 0.461. The zero-order chi connectivity index (χ0) is 8.15. The highest BCUT2D eigenvalue weighted by Crippen LogP contribution is 1.95. The largest absolute Gasteiger partial charge is 0.385 e. The predicted molar refractivity (Wildman–Crippen MR) is 37.5 cm³/mol. The van der Waals surface area contributed by atoms with Crippen LogP contribution in [0.2, 0.25) is 0 Å². The average Bonchev–Trinajstić information content (AvgIpc) is 1.85. The number of carbonyl (C=O) groups excluding carboxylic acids is 1. The number of nitrogens with two attached hydrogens (primary N) is 1. The molecule has 0 aliphatic rings. The molecule has 3 nitrogen and oxygen atoms in total. The van der Waals surface area contributed by atoms with Gasteiger partial charge in [-0.05, 0) is 6.42 Å². The summed E-state index contributed by atoms with van der Waals surface area (Å²) in [5.41, 5.74) is 5.08. The van der Waals surface area contributed by atoms with Gasteiger partial charge in [0.1, 0.15) is 5.84 Å². The molecule has 1 atom stereocenters. The van der Waals surface area contributed by atoms with Crippen molar-refractivity contribution >= 4 is 11.7 Å². The first-order valence-corrected chi connectivity index (χ1v) is 3.06. The third-order valence-corrected chi connectivity index (χ3v) is 0.966. The van der Waals surface area contributed by atoms with Gasteiger partial charge in [0.2, 0.25) is 5.91 Å². The van der Waals surface area contributed by atoms with Gasteiger partial charge in [0.05, 0.1) is 0 Å². The van der Waals surface area contributed by atoms with Crippen LogP contribution in [0.1, 0.15) is 20.3 Å². The van der Waals surface area contributed by atoms with Crippen LogP contribution >= 0.6 is 0 Å². The molecule has 2 N–H and O–H groups in total. The lowest BCUT2D eigenvalue weighted by atomic mass is 10.3. The molecule has 10 heavy (non-hydrogen) atoms. The summed E-state index contributed by atoms with van der Waals surface area (Å²) in [5, 5.41) is 0. The van der Waals surface area contributed by atoms with Gasteiger partial charge in [-0.25, -0.2) is 4.39 Å². The molecule has 0 fully saturated rings. The standard InChI is InChI=1S/C6H11FN2O/c1-3-5(7)6(8)9-4(2)10/h5H,3H2,1-2H3,(H2,8,9,10). The molecule has 4 heteroatoms. The van der Waals surface area contributed by atoms with E-state index >= 15 is 0 Å². The van der Waals surface area contributed by atoms with E-state index in [0.29, 0.717) is 0 Å². The SMILES string of the molecule is CCC(F)C(N)=NC(C)=O. The minimum Gasteiger partial charge on any atom is -0.385 e. The van der Waals surface area contributed by atoms with Gasteiger partial charge in [0.15, 0.2) is 6.17 Å². The molecule has 0 spiro atoms. The number of aliphatic imine (C=N–C) groups is 1. The van der Waals surface area contributed by atoms with E-state index in [1.54, 1.807) is 6.92 Å². The molecule has 0 aliphatic carbocycles. The van der Waals surface area contributed by atoms with Crippen LogP contribution in [0.15, 0.2) is 4.99 Å². The Labute approximate surface area is 59.1 Å². The lowest BCUT2D eigenvalue weighted by Crippen LogP contribution is -2.25. The average molecular weight is 146 g/mol. The lowest BCUT2D eigenvalue weighted by molar-refractivity contribution is -0.115. The van der Waals surface area contributed by atoms with Gasteiger partial charge in [-0.15, -0.1) is 0 Å². The van der Waals surface area contributed by atoms with Crippen LogP contribution in [-0.2, 0) is 4.79 Å². The Bertz CT molecular complexity index is 156. The van der Waals surface area contributed by atoms with Crippen LogP contribution in [0.3, 0.4) is 0 Å². The van der Waals surface area contributed by atoms with Crippen molar-refractivity contribution in [3.8, 4) is 0 Å². The molecule has 0 aliphatic heterocycles. The van der Waals surface area contributed by atoms with E-state index in [2.05, 4.69) is 4.99 Å². The van der Waals surface area contributed by atoms with Gasteiger partial charge in [-0.1, -0.05) is 6.92 Å². The number of carbonyl (C=O) groups is 1. The second kappa shape index (κ2) is 3.98. The highest BCUT2D eigenvalue weighted by atomic mass is 19.1. The van der Waals surface area contributed by atoms with E-state index in [0.717, 1.165) is 0 Å². The quantitative estimate of drug-likeness (QED) is 0.459. The fourth-order valence-electron chi connectivity index (χ4n) is 0.461. The molecule has 0 heterocycles. The molecule has 1 amide bonds. The van der Waals surface area contributed by atoms with Gasteiger partial charge in [0, 0.05) is 6.92 Å². The summed E-state index contributed by atoms with van der Waals surface area (Å²) in [4.78, 5) is 13.5. The van der Waals surface area contributed by atoms with Crippen molar-refractivity contribution in [2.45, 2.75) is 26.4 Å². The molecule has 0 saturated carbocycles. The number of rotatable bonds is 2. The molecule has 0 bridgehead atoms. The smallest absolute Gasteiger partial charge is 0.244 e. The third-order valence-electron chi connectivity index (χ3n) is 0.966. The molecule has 0 aromatic heterocycles. The number of amides is 1. The number of amidine groups is 1. The van der Waals surface area contributed by atoms with Crippen molar-refractivity contribution in [3.05, 3.63) is 0 Å². The van der Waals surface area contributed by atoms with E-state index in [-0.39, 0.29) is 12.3 Å². The van der Waals surface area contributed by atoms with Crippen molar-refractivity contribution in [3.63, 3.8) is 0 Å². The topological polar surface area (TPSA) is 55.4 Å². The Morgan fingerprint density at radius 3 is 2.60 bits per heavy atom. The first-order chi connectivity index (χ1) is 4.57. The Hall–Kier alpha value is -0.930. The summed E-state index contributed by atoms with van der Waals surface area (Å²) in [6.07, 6.45) is -1.04. The van der Waals surface area contributed by atoms with Crippen LogP contribution < -0.4 is 5.73 Å². The predicted octanol–water partition coefficient (Wildman–Crippen LogP) is 0.638. The van der Waals surface area contributed by atoms with Gasteiger partial charge in [-0.2, -0.15) is 4.99 Å². The van der Waals surface area contributed by atoms with E-state index < -0.39 is 12.1 Å². The number of halogens is 1. The number of hydrogen-bond acceptors (Lipinski definition) is 1. The van der Waals surface area contributed by atoms with E-state index in [1.807, 2.05) is 0 Å². The van der Waals surface area contributed by atoms with Crippen molar-refractivity contribution in [2.24, 2.45) is 10.7 Å². The summed E-state index contributed by atoms with van der Waals surface area (Å²) in [6.45, 7) is 2.86. The normalized spacial score (nSPS) is 14.9. The van der Waals surface area contributed by atoms with E-state index in [1.165, 1.54) is 6.92 Å². The maximum Gasteiger partial charge on any atom is 0.244 e. The highest BCUT2D eigenvalue weighted by molar-refractivity contribution is 5.94. The Morgan fingerprint density at radius 2 is 2.30 bits per heavy atom. The molecule has 0 rings (SSSR count). The van der Waals surface area contributed by atoms with Crippen LogP contribution in [0.4, 0.5) is 4.39 Å². The monoisotopic (exact) mass is 146 g/mol. The first-order valence-electron chi connectivity index (χ1n) is 3.06. The summed E-state index contributed by atoms with van der Waals surface area (Å²) in [6, 6.07) is 0. The van der Waals surface area contributed by atoms with Crippen LogP contribution in [0, 0.1) is 0 Å². The molecule has 0 radical (unpaired) electrons. The zero-order valence-corrected chi connectivity index (χ0v) is 6.10. The second-order valence-corrected chi connectivity index (χ2v) is 1.93. The Balaban J connectivity index is 4.04. The molecule has 1 unspecified atom stereocenters. The summed E-state index contributed by atoms with van der Waals surface area (Å²) in [7, 11) is 0. The third kappa shape index (κ3) is 3.17. The van der Waals surface area contributed by atoms with Crippen LogP contribution in [-0.4, -0.2) is 17.9 Å². The van der Waals surface area contributed by atoms with Crippen LogP contribution in [0.5, 0.6) is 0 Å². The minimum atomic E-state index is -1.29. The van der Waals surface area contributed by atoms with Crippen molar-refractivity contribution < 1.29 is 9.18 Å². The van der Waals surface area contributed by atoms with E-state index in [4.69, 9.17) is 5.73 Å².